The smallest absolute Gasteiger partial charge is 0.133 e. The maximum Gasteiger partial charge on any atom is 0.133 e. The molecule has 16 heavy (non-hydrogen) atoms. The fourth-order valence-corrected chi connectivity index (χ4v) is 2.01. The van der Waals surface area contributed by atoms with Gasteiger partial charge in [-0.05, 0) is 43.9 Å². The summed E-state index contributed by atoms with van der Waals surface area (Å²) in [6, 6.07) is 4.18. The number of hydrogen-bond donors (Lipinski definition) is 1. The van der Waals surface area contributed by atoms with Crippen molar-refractivity contribution in [1.29, 1.82) is 0 Å². The Balaban J connectivity index is 2.22. The van der Waals surface area contributed by atoms with Crippen molar-refractivity contribution in [2.75, 3.05) is 0 Å². The Morgan fingerprint density at radius 3 is 2.25 bits per heavy atom. The van der Waals surface area contributed by atoms with Crippen LogP contribution in [-0.2, 0) is 0 Å². The number of rotatable bonds is 1. The zero-order chi connectivity index (χ0) is 11.5. The van der Waals surface area contributed by atoms with E-state index in [1.54, 1.807) is 6.08 Å². The molecule has 0 amide bonds. The fraction of sp³-hybridized carbons (Fsp3) is 0.385. The molecule has 0 atom stereocenters. The van der Waals surface area contributed by atoms with Crippen LogP contribution in [0.1, 0.15) is 31.2 Å². The van der Waals surface area contributed by atoms with Crippen molar-refractivity contribution < 1.29 is 8.78 Å². The average molecular weight is 223 g/mol. The third-order valence-electron chi connectivity index (χ3n) is 3.02. The number of halogens is 2. The summed E-state index contributed by atoms with van der Waals surface area (Å²) in [4.78, 5) is 0. The molecule has 86 valence electrons. The molecule has 0 saturated heterocycles. The molecule has 3 heteroatoms. The summed E-state index contributed by atoms with van der Waals surface area (Å²) in [7, 11) is 0. The van der Waals surface area contributed by atoms with Crippen LogP contribution in [-0.4, -0.2) is 6.04 Å². The van der Waals surface area contributed by atoms with Crippen molar-refractivity contribution in [3.05, 3.63) is 41.0 Å². The van der Waals surface area contributed by atoms with Gasteiger partial charge in [-0.15, -0.1) is 0 Å². The van der Waals surface area contributed by atoms with E-state index in [-0.39, 0.29) is 11.6 Å². The Morgan fingerprint density at radius 1 is 1.12 bits per heavy atom. The Hall–Kier alpha value is -1.22. The minimum atomic E-state index is -0.498. The molecule has 0 unspecified atom stereocenters. The standard InChI is InChI=1S/C13H15F2N/c14-12-2-1-3-13(15)11(12)8-9-4-6-10(16)7-5-9/h1-3,8,10H,4-7,16H2. The normalized spacial score (nSPS) is 20.9. The van der Waals surface area contributed by atoms with E-state index in [1.807, 2.05) is 0 Å². The van der Waals surface area contributed by atoms with E-state index in [0.717, 1.165) is 31.3 Å². The second-order valence-electron chi connectivity index (χ2n) is 4.28. The first-order valence-corrected chi connectivity index (χ1v) is 5.56. The van der Waals surface area contributed by atoms with Crippen LogP contribution in [0.25, 0.3) is 6.08 Å². The van der Waals surface area contributed by atoms with Crippen molar-refractivity contribution in [3.63, 3.8) is 0 Å². The van der Waals surface area contributed by atoms with E-state index in [4.69, 9.17) is 5.73 Å². The third-order valence-corrected chi connectivity index (χ3v) is 3.02. The molecule has 0 bridgehead atoms. The highest BCUT2D eigenvalue weighted by molar-refractivity contribution is 5.54. The largest absolute Gasteiger partial charge is 0.328 e. The molecular formula is C13H15F2N. The monoisotopic (exact) mass is 223 g/mol. The maximum atomic E-state index is 13.4. The average Bonchev–Trinajstić information content (AvgIpc) is 2.26. The number of allylic oxidation sites excluding steroid dienone is 1. The highest BCUT2D eigenvalue weighted by Crippen LogP contribution is 2.26. The van der Waals surface area contributed by atoms with Crippen molar-refractivity contribution in [1.82, 2.24) is 0 Å². The van der Waals surface area contributed by atoms with Gasteiger partial charge in [0.25, 0.3) is 0 Å². The quantitative estimate of drug-likeness (QED) is 0.777. The van der Waals surface area contributed by atoms with Crippen LogP contribution in [0.4, 0.5) is 8.78 Å². The molecule has 1 aromatic carbocycles. The summed E-state index contributed by atoms with van der Waals surface area (Å²) in [6.07, 6.45) is 5.13. The lowest BCUT2D eigenvalue weighted by atomic mass is 9.90. The molecule has 2 N–H and O–H groups in total. The first-order chi connectivity index (χ1) is 7.66. The molecule has 1 fully saturated rings. The van der Waals surface area contributed by atoms with E-state index in [9.17, 15) is 8.78 Å². The van der Waals surface area contributed by atoms with Gasteiger partial charge in [0.1, 0.15) is 11.6 Å². The minimum absolute atomic E-state index is 0.0768. The summed E-state index contributed by atoms with van der Waals surface area (Å²) in [5, 5.41) is 0. The number of nitrogens with two attached hydrogens (primary N) is 1. The van der Waals surface area contributed by atoms with Crippen LogP contribution in [0.3, 0.4) is 0 Å². The van der Waals surface area contributed by atoms with E-state index >= 15 is 0 Å². The molecule has 1 aromatic rings. The van der Waals surface area contributed by atoms with Gasteiger partial charge < -0.3 is 5.73 Å². The summed E-state index contributed by atoms with van der Waals surface area (Å²) in [5.74, 6) is -0.996. The van der Waals surface area contributed by atoms with Crippen molar-refractivity contribution >= 4 is 6.08 Å². The Labute approximate surface area is 94.0 Å². The molecule has 0 aromatic heterocycles. The van der Waals surface area contributed by atoms with Gasteiger partial charge in [-0.1, -0.05) is 11.6 Å². The second kappa shape index (κ2) is 4.74. The second-order valence-corrected chi connectivity index (χ2v) is 4.28. The Kier molecular flexibility index (Phi) is 3.34. The SMILES string of the molecule is NC1CCC(=Cc2c(F)cccc2F)CC1. The van der Waals surface area contributed by atoms with Crippen molar-refractivity contribution in [3.8, 4) is 0 Å². The molecule has 1 nitrogen and oxygen atoms in total. The van der Waals surface area contributed by atoms with Crippen LogP contribution in [0.15, 0.2) is 23.8 Å². The maximum absolute atomic E-state index is 13.4. The van der Waals surface area contributed by atoms with Gasteiger partial charge in [0.2, 0.25) is 0 Å². The van der Waals surface area contributed by atoms with E-state index in [1.165, 1.54) is 18.2 Å². The number of benzene rings is 1. The lowest BCUT2D eigenvalue weighted by Crippen LogP contribution is -2.23. The van der Waals surface area contributed by atoms with Gasteiger partial charge in [-0.3, -0.25) is 0 Å². The van der Waals surface area contributed by atoms with E-state index in [2.05, 4.69) is 0 Å². The van der Waals surface area contributed by atoms with Crippen LogP contribution >= 0.6 is 0 Å². The molecule has 0 heterocycles. The van der Waals surface area contributed by atoms with Crippen LogP contribution in [0.5, 0.6) is 0 Å². The van der Waals surface area contributed by atoms with Gasteiger partial charge in [-0.2, -0.15) is 0 Å². The van der Waals surface area contributed by atoms with Gasteiger partial charge >= 0.3 is 0 Å². The van der Waals surface area contributed by atoms with Crippen LogP contribution in [0, 0.1) is 11.6 Å². The first kappa shape index (κ1) is 11.3. The van der Waals surface area contributed by atoms with Crippen molar-refractivity contribution in [2.24, 2.45) is 5.73 Å². The Morgan fingerprint density at radius 2 is 1.69 bits per heavy atom. The summed E-state index contributed by atoms with van der Waals surface area (Å²) >= 11 is 0. The fourth-order valence-electron chi connectivity index (χ4n) is 2.01. The zero-order valence-electron chi connectivity index (χ0n) is 9.05. The predicted molar refractivity (Wildman–Crippen MR) is 60.8 cm³/mol. The Bertz CT molecular complexity index is 382. The van der Waals surface area contributed by atoms with Crippen LogP contribution in [0.2, 0.25) is 0 Å². The highest BCUT2D eigenvalue weighted by atomic mass is 19.1. The van der Waals surface area contributed by atoms with Crippen molar-refractivity contribution in [2.45, 2.75) is 31.7 Å². The molecule has 2 rings (SSSR count). The molecule has 1 aliphatic rings. The molecule has 1 aliphatic carbocycles. The molecular weight excluding hydrogens is 208 g/mol. The molecule has 0 spiro atoms. The lowest BCUT2D eigenvalue weighted by Gasteiger charge is -2.20. The minimum Gasteiger partial charge on any atom is -0.328 e. The van der Waals surface area contributed by atoms with Gasteiger partial charge in [0, 0.05) is 11.6 Å². The van der Waals surface area contributed by atoms with Gasteiger partial charge in [-0.25, -0.2) is 8.78 Å². The van der Waals surface area contributed by atoms with Gasteiger partial charge in [0.15, 0.2) is 0 Å². The molecule has 0 aliphatic heterocycles. The molecule has 1 saturated carbocycles. The topological polar surface area (TPSA) is 26.0 Å². The first-order valence-electron chi connectivity index (χ1n) is 5.56. The summed E-state index contributed by atoms with van der Waals surface area (Å²) < 4.78 is 26.7. The highest BCUT2D eigenvalue weighted by Gasteiger charge is 2.14. The third kappa shape index (κ3) is 2.47. The summed E-state index contributed by atoms with van der Waals surface area (Å²) in [5.41, 5.74) is 6.94. The lowest BCUT2D eigenvalue weighted by molar-refractivity contribution is 0.513. The summed E-state index contributed by atoms with van der Waals surface area (Å²) in [6.45, 7) is 0. The molecule has 0 radical (unpaired) electrons. The van der Waals surface area contributed by atoms with E-state index in [0.29, 0.717) is 0 Å². The van der Waals surface area contributed by atoms with Crippen LogP contribution < -0.4 is 5.73 Å². The predicted octanol–water partition coefficient (Wildman–Crippen LogP) is 3.25. The van der Waals surface area contributed by atoms with E-state index < -0.39 is 11.6 Å². The zero-order valence-corrected chi connectivity index (χ0v) is 9.05. The van der Waals surface area contributed by atoms with Gasteiger partial charge in [0.05, 0.1) is 0 Å². The number of hydrogen-bond acceptors (Lipinski definition) is 1.